The summed E-state index contributed by atoms with van der Waals surface area (Å²) >= 11 is 3.45. The molecular weight excluding hydrogens is 374 g/mol. The molecule has 0 unspecified atom stereocenters. The van der Waals surface area contributed by atoms with Crippen molar-refractivity contribution in [1.82, 2.24) is 4.90 Å². The van der Waals surface area contributed by atoms with Crippen molar-refractivity contribution < 1.29 is 19.4 Å². The molecule has 24 heavy (non-hydrogen) atoms. The maximum Gasteiger partial charge on any atom is 0.288 e. The van der Waals surface area contributed by atoms with Crippen molar-refractivity contribution in [2.45, 2.75) is 31.5 Å². The third-order valence-electron chi connectivity index (χ3n) is 4.16. The Morgan fingerprint density at radius 2 is 2.04 bits per heavy atom. The molecule has 2 heterocycles. The number of allylic oxidation sites excluding steroid dienone is 1. The molecule has 0 aliphatic carbocycles. The second kappa shape index (κ2) is 8.14. The molecular formula is C18H22BrNO4. The first kappa shape index (κ1) is 17.5. The number of carbonyl (C=O) groups is 1. The Hall–Kier alpha value is -1.37. The number of ether oxygens (including phenoxy) is 2. The van der Waals surface area contributed by atoms with Crippen LogP contribution in [0.1, 0.15) is 30.7 Å². The predicted molar refractivity (Wildman–Crippen MR) is 93.3 cm³/mol. The minimum Gasteiger partial charge on any atom is -0.459 e. The van der Waals surface area contributed by atoms with E-state index < -0.39 is 6.29 Å². The lowest BCUT2D eigenvalue weighted by Gasteiger charge is -2.29. The van der Waals surface area contributed by atoms with Crippen LogP contribution in [0, 0.1) is 0 Å². The quantitative estimate of drug-likeness (QED) is 0.569. The number of hydrogen-bond acceptors (Lipinski definition) is 4. The van der Waals surface area contributed by atoms with Gasteiger partial charge in [-0.3, -0.25) is 4.79 Å². The molecule has 5 nitrogen and oxygen atoms in total. The summed E-state index contributed by atoms with van der Waals surface area (Å²) in [6.07, 6.45) is 3.65. The Labute approximate surface area is 150 Å². The SMILES string of the molecule is O=C(C1=C[C@@H](c2ccc(Br)cc2)C[C@@H](OCCCCO)O1)N1CC1. The van der Waals surface area contributed by atoms with Crippen LogP contribution in [0.25, 0.3) is 0 Å². The van der Waals surface area contributed by atoms with Crippen LogP contribution >= 0.6 is 15.9 Å². The number of amides is 1. The largest absolute Gasteiger partial charge is 0.459 e. The van der Waals surface area contributed by atoms with Crippen LogP contribution < -0.4 is 0 Å². The van der Waals surface area contributed by atoms with Gasteiger partial charge in [-0.05, 0) is 36.6 Å². The van der Waals surface area contributed by atoms with Crippen LogP contribution in [0.3, 0.4) is 0 Å². The van der Waals surface area contributed by atoms with E-state index in [9.17, 15) is 4.79 Å². The van der Waals surface area contributed by atoms with Crippen molar-refractivity contribution in [3.05, 3.63) is 46.1 Å². The van der Waals surface area contributed by atoms with Gasteiger partial charge in [-0.25, -0.2) is 0 Å². The molecule has 2 aliphatic rings. The van der Waals surface area contributed by atoms with Crippen molar-refractivity contribution in [1.29, 1.82) is 0 Å². The Balaban J connectivity index is 1.71. The number of unbranched alkanes of at least 4 members (excludes halogenated alkanes) is 1. The van der Waals surface area contributed by atoms with E-state index in [1.807, 2.05) is 18.2 Å². The maximum atomic E-state index is 12.3. The van der Waals surface area contributed by atoms with Gasteiger partial charge in [0, 0.05) is 36.5 Å². The normalized spacial score (nSPS) is 22.8. The highest BCUT2D eigenvalue weighted by atomic mass is 79.9. The lowest BCUT2D eigenvalue weighted by Crippen LogP contribution is -2.29. The molecule has 0 spiro atoms. The standard InChI is InChI=1S/C18H22BrNO4/c19-15-5-3-13(4-6-15)14-11-16(18(22)20-7-8-20)24-17(12-14)23-10-2-1-9-21/h3-6,11,14,17,21H,1-2,7-10,12H2/t14-,17+/m1/s1. The summed E-state index contributed by atoms with van der Waals surface area (Å²) in [6.45, 7) is 2.27. The average Bonchev–Trinajstić information content (AvgIpc) is 3.43. The molecule has 2 atom stereocenters. The van der Waals surface area contributed by atoms with Gasteiger partial charge in [-0.2, -0.15) is 0 Å². The zero-order valence-corrected chi connectivity index (χ0v) is 15.1. The molecule has 0 bridgehead atoms. The number of rotatable bonds is 7. The van der Waals surface area contributed by atoms with Crippen molar-refractivity contribution in [2.24, 2.45) is 0 Å². The third kappa shape index (κ3) is 4.59. The van der Waals surface area contributed by atoms with Gasteiger partial charge >= 0.3 is 0 Å². The molecule has 6 heteroatoms. The van der Waals surface area contributed by atoms with Crippen LogP contribution in [-0.4, -0.2) is 48.5 Å². The molecule has 3 rings (SSSR count). The fourth-order valence-corrected chi connectivity index (χ4v) is 2.96. The Kier molecular flexibility index (Phi) is 5.92. The highest BCUT2D eigenvalue weighted by Gasteiger charge is 2.34. The summed E-state index contributed by atoms with van der Waals surface area (Å²) < 4.78 is 12.6. The predicted octanol–water partition coefficient (Wildman–Crippen LogP) is 2.79. The smallest absolute Gasteiger partial charge is 0.288 e. The van der Waals surface area contributed by atoms with Gasteiger partial charge in [0.2, 0.25) is 6.29 Å². The molecule has 1 saturated heterocycles. The van der Waals surface area contributed by atoms with Crippen LogP contribution in [-0.2, 0) is 14.3 Å². The molecule has 0 saturated carbocycles. The first-order valence-electron chi connectivity index (χ1n) is 8.33. The molecule has 130 valence electrons. The van der Waals surface area contributed by atoms with Gasteiger partial charge in [0.1, 0.15) is 0 Å². The van der Waals surface area contributed by atoms with Gasteiger partial charge in [-0.15, -0.1) is 0 Å². The first-order valence-corrected chi connectivity index (χ1v) is 9.12. The topological polar surface area (TPSA) is 58.8 Å². The average molecular weight is 396 g/mol. The highest BCUT2D eigenvalue weighted by Crippen LogP contribution is 2.33. The van der Waals surface area contributed by atoms with E-state index in [0.29, 0.717) is 25.2 Å². The number of aliphatic hydroxyl groups is 1. The van der Waals surface area contributed by atoms with Gasteiger partial charge < -0.3 is 19.5 Å². The minimum atomic E-state index is -0.429. The van der Waals surface area contributed by atoms with Gasteiger partial charge in [-0.1, -0.05) is 28.1 Å². The van der Waals surface area contributed by atoms with E-state index >= 15 is 0 Å². The number of nitrogens with zero attached hydrogens (tertiary/aromatic N) is 1. The molecule has 1 aromatic carbocycles. The van der Waals surface area contributed by atoms with E-state index in [4.69, 9.17) is 14.6 Å². The molecule has 0 radical (unpaired) electrons. The van der Waals surface area contributed by atoms with Crippen molar-refractivity contribution in [3.8, 4) is 0 Å². The molecule has 1 fully saturated rings. The second-order valence-corrected chi connectivity index (χ2v) is 6.98. The summed E-state index contributed by atoms with van der Waals surface area (Å²) in [5.41, 5.74) is 1.14. The van der Waals surface area contributed by atoms with E-state index in [1.165, 1.54) is 0 Å². The van der Waals surface area contributed by atoms with E-state index in [0.717, 1.165) is 29.5 Å². The van der Waals surface area contributed by atoms with Crippen molar-refractivity contribution in [3.63, 3.8) is 0 Å². The summed E-state index contributed by atoms with van der Waals surface area (Å²) in [5, 5.41) is 8.85. The van der Waals surface area contributed by atoms with E-state index in [2.05, 4.69) is 28.1 Å². The fourth-order valence-electron chi connectivity index (χ4n) is 2.69. The fraction of sp³-hybridized carbons (Fsp3) is 0.500. The number of hydrogen-bond donors (Lipinski definition) is 1. The molecule has 1 aromatic rings. The van der Waals surface area contributed by atoms with Gasteiger partial charge in [0.25, 0.3) is 5.91 Å². The third-order valence-corrected chi connectivity index (χ3v) is 4.69. The Morgan fingerprint density at radius 1 is 1.29 bits per heavy atom. The second-order valence-electron chi connectivity index (χ2n) is 6.07. The van der Waals surface area contributed by atoms with Crippen LogP contribution in [0.4, 0.5) is 0 Å². The number of benzene rings is 1. The van der Waals surface area contributed by atoms with Crippen molar-refractivity contribution >= 4 is 21.8 Å². The summed E-state index contributed by atoms with van der Waals surface area (Å²) in [6, 6.07) is 8.11. The Bertz CT molecular complexity index is 598. The zero-order valence-electron chi connectivity index (χ0n) is 13.5. The zero-order chi connectivity index (χ0) is 16.9. The van der Waals surface area contributed by atoms with E-state index in [-0.39, 0.29) is 18.4 Å². The van der Waals surface area contributed by atoms with Crippen LogP contribution in [0.2, 0.25) is 0 Å². The number of halogens is 1. The summed E-state index contributed by atoms with van der Waals surface area (Å²) in [7, 11) is 0. The first-order chi connectivity index (χ1) is 11.7. The molecule has 1 N–H and O–H groups in total. The molecule has 0 aromatic heterocycles. The van der Waals surface area contributed by atoms with E-state index in [1.54, 1.807) is 4.90 Å². The summed E-state index contributed by atoms with van der Waals surface area (Å²) in [5.74, 6) is 0.424. The number of aliphatic hydroxyl groups excluding tert-OH is 1. The lowest BCUT2D eigenvalue weighted by atomic mass is 9.93. The lowest BCUT2D eigenvalue weighted by molar-refractivity contribution is -0.149. The van der Waals surface area contributed by atoms with Gasteiger partial charge in [0.05, 0.1) is 6.61 Å². The van der Waals surface area contributed by atoms with Crippen LogP contribution in [0.5, 0.6) is 0 Å². The highest BCUT2D eigenvalue weighted by molar-refractivity contribution is 9.10. The number of carbonyl (C=O) groups excluding carboxylic acids is 1. The molecule has 2 aliphatic heterocycles. The summed E-state index contributed by atoms with van der Waals surface area (Å²) in [4.78, 5) is 14.1. The Morgan fingerprint density at radius 3 is 2.71 bits per heavy atom. The maximum absolute atomic E-state index is 12.3. The van der Waals surface area contributed by atoms with Crippen molar-refractivity contribution in [2.75, 3.05) is 26.3 Å². The molecule has 1 amide bonds. The minimum absolute atomic E-state index is 0.0548. The van der Waals surface area contributed by atoms with Gasteiger partial charge in [0.15, 0.2) is 5.76 Å². The monoisotopic (exact) mass is 395 g/mol. The van der Waals surface area contributed by atoms with Crippen LogP contribution in [0.15, 0.2) is 40.6 Å².